The van der Waals surface area contributed by atoms with Crippen LogP contribution in [0.3, 0.4) is 0 Å². The van der Waals surface area contributed by atoms with E-state index in [2.05, 4.69) is 10.3 Å². The summed E-state index contributed by atoms with van der Waals surface area (Å²) >= 11 is 5.91. The zero-order valence-electron chi connectivity index (χ0n) is 16.3. The topological polar surface area (TPSA) is 133 Å². The largest absolute Gasteiger partial charge is 0.456 e. The number of amides is 1. The molecule has 0 atom stereocenters. The highest BCUT2D eigenvalue weighted by atomic mass is 35.5. The molecule has 1 amide bonds. The molecule has 0 spiro atoms. The van der Waals surface area contributed by atoms with Crippen LogP contribution in [-0.2, 0) is 27.8 Å². The second kappa shape index (κ2) is 9.35. The van der Waals surface area contributed by atoms with Gasteiger partial charge in [-0.05, 0) is 18.2 Å². The predicted octanol–water partition coefficient (Wildman–Crippen LogP) is 2.61. The van der Waals surface area contributed by atoms with Crippen molar-refractivity contribution in [3.05, 3.63) is 73.8 Å². The fraction of sp³-hybridized carbons (Fsp3) is 0.200. The van der Waals surface area contributed by atoms with E-state index in [1.54, 1.807) is 31.3 Å². The number of nitrogens with zero attached hydrogens (tertiary/aromatic N) is 3. The number of nitro groups is 1. The number of hydrogen-bond acceptors (Lipinski definition) is 7. The Morgan fingerprint density at radius 2 is 2.00 bits per heavy atom. The second-order valence-corrected chi connectivity index (χ2v) is 6.95. The second-order valence-electron chi connectivity index (χ2n) is 6.54. The van der Waals surface area contributed by atoms with E-state index in [9.17, 15) is 24.5 Å². The molecule has 0 fully saturated rings. The summed E-state index contributed by atoms with van der Waals surface area (Å²) in [6.07, 6.45) is 0.0788. The molecule has 1 N–H and O–H groups in total. The molecule has 160 valence electrons. The SMILES string of the molecule is Cn1c(CCC(=O)OCC(=O)Nc2ccc([N+](=O)[O-])cc2Cl)nc2ccccc2c1=O. The van der Waals surface area contributed by atoms with Crippen LogP contribution in [-0.4, -0.2) is 33.0 Å². The summed E-state index contributed by atoms with van der Waals surface area (Å²) in [5.41, 5.74) is 0.261. The minimum Gasteiger partial charge on any atom is -0.456 e. The molecule has 1 heterocycles. The normalized spacial score (nSPS) is 10.6. The zero-order chi connectivity index (χ0) is 22.5. The number of aromatic nitrogens is 2. The van der Waals surface area contributed by atoms with E-state index in [0.717, 1.165) is 6.07 Å². The first-order valence-corrected chi connectivity index (χ1v) is 9.48. The Morgan fingerprint density at radius 1 is 1.26 bits per heavy atom. The minimum atomic E-state index is -0.652. The summed E-state index contributed by atoms with van der Waals surface area (Å²) in [6.45, 7) is -0.559. The van der Waals surface area contributed by atoms with Crippen molar-refractivity contribution in [1.29, 1.82) is 0 Å². The van der Waals surface area contributed by atoms with Crippen molar-refractivity contribution in [2.75, 3.05) is 11.9 Å². The van der Waals surface area contributed by atoms with Gasteiger partial charge in [-0.25, -0.2) is 4.98 Å². The van der Waals surface area contributed by atoms with Crippen LogP contribution < -0.4 is 10.9 Å². The standard InChI is InChI=1S/C20H17ClN4O6/c1-24-17(22-15-5-3-2-4-13(15)20(24)28)8-9-19(27)31-11-18(26)23-16-7-6-12(25(29)30)10-14(16)21/h2-7,10H,8-9,11H2,1H3,(H,23,26). The number of esters is 1. The monoisotopic (exact) mass is 444 g/mol. The Hall–Kier alpha value is -3.79. The average Bonchev–Trinajstić information content (AvgIpc) is 2.75. The quantitative estimate of drug-likeness (QED) is 0.336. The number of fused-ring (bicyclic) bond motifs is 1. The highest BCUT2D eigenvalue weighted by molar-refractivity contribution is 6.34. The van der Waals surface area contributed by atoms with Crippen molar-refractivity contribution in [1.82, 2.24) is 9.55 Å². The van der Waals surface area contributed by atoms with Gasteiger partial charge >= 0.3 is 5.97 Å². The number of carbonyl (C=O) groups is 2. The number of nitro benzene ring substituents is 1. The fourth-order valence-corrected chi connectivity index (χ4v) is 3.05. The van der Waals surface area contributed by atoms with Gasteiger partial charge in [0, 0.05) is 25.6 Å². The number of nitrogens with one attached hydrogen (secondary N) is 1. The summed E-state index contributed by atoms with van der Waals surface area (Å²) < 4.78 is 6.31. The van der Waals surface area contributed by atoms with Gasteiger partial charge in [0.25, 0.3) is 17.2 Å². The number of benzene rings is 2. The minimum absolute atomic E-state index is 0.0165. The molecule has 0 aliphatic carbocycles. The first kappa shape index (κ1) is 21.9. The van der Waals surface area contributed by atoms with Gasteiger partial charge in [0.2, 0.25) is 0 Å². The van der Waals surface area contributed by atoms with Crippen molar-refractivity contribution < 1.29 is 19.2 Å². The van der Waals surface area contributed by atoms with Crippen molar-refractivity contribution in [3.8, 4) is 0 Å². The average molecular weight is 445 g/mol. The molecule has 11 heteroatoms. The molecular formula is C20H17ClN4O6. The van der Waals surface area contributed by atoms with Gasteiger partial charge in [0.1, 0.15) is 5.82 Å². The van der Waals surface area contributed by atoms with Crippen LogP contribution in [0.1, 0.15) is 12.2 Å². The maximum absolute atomic E-state index is 12.4. The van der Waals surface area contributed by atoms with Crippen LogP contribution in [0.25, 0.3) is 10.9 Å². The van der Waals surface area contributed by atoms with Crippen molar-refractivity contribution >= 4 is 45.8 Å². The van der Waals surface area contributed by atoms with Crippen LogP contribution >= 0.6 is 11.6 Å². The van der Waals surface area contributed by atoms with Crippen molar-refractivity contribution in [2.24, 2.45) is 7.05 Å². The number of carbonyl (C=O) groups excluding carboxylic acids is 2. The van der Waals surface area contributed by atoms with Crippen molar-refractivity contribution in [2.45, 2.75) is 12.8 Å². The highest BCUT2D eigenvalue weighted by Gasteiger charge is 2.14. The molecule has 0 unspecified atom stereocenters. The molecule has 31 heavy (non-hydrogen) atoms. The molecule has 0 aliphatic heterocycles. The van der Waals surface area contributed by atoms with Crippen LogP contribution in [0.4, 0.5) is 11.4 Å². The molecule has 0 aliphatic rings. The highest BCUT2D eigenvalue weighted by Crippen LogP contribution is 2.26. The van der Waals surface area contributed by atoms with Gasteiger partial charge in [-0.15, -0.1) is 0 Å². The first-order valence-electron chi connectivity index (χ1n) is 9.10. The number of anilines is 1. The van der Waals surface area contributed by atoms with E-state index < -0.39 is 23.4 Å². The van der Waals surface area contributed by atoms with E-state index >= 15 is 0 Å². The molecule has 2 aromatic carbocycles. The Labute approximate surface area is 180 Å². The predicted molar refractivity (Wildman–Crippen MR) is 113 cm³/mol. The number of ether oxygens (including phenoxy) is 1. The number of aryl methyl sites for hydroxylation is 1. The van der Waals surface area contributed by atoms with Crippen LogP contribution in [0.15, 0.2) is 47.3 Å². The third-order valence-corrected chi connectivity index (χ3v) is 4.74. The number of non-ortho nitro benzene ring substituents is 1. The van der Waals surface area contributed by atoms with E-state index in [0.29, 0.717) is 16.7 Å². The van der Waals surface area contributed by atoms with Crippen LogP contribution in [0.2, 0.25) is 5.02 Å². The number of hydrogen-bond donors (Lipinski definition) is 1. The van der Waals surface area contributed by atoms with E-state index in [4.69, 9.17) is 16.3 Å². The molecule has 0 saturated heterocycles. The summed E-state index contributed by atoms with van der Waals surface area (Å²) in [5, 5.41) is 13.6. The lowest BCUT2D eigenvalue weighted by molar-refractivity contribution is -0.384. The van der Waals surface area contributed by atoms with Gasteiger partial charge in [-0.3, -0.25) is 29.1 Å². The Balaban J connectivity index is 1.54. The van der Waals surface area contributed by atoms with E-state index in [1.807, 2.05) is 0 Å². The lowest BCUT2D eigenvalue weighted by Gasteiger charge is -2.10. The molecule has 0 bridgehead atoms. The fourth-order valence-electron chi connectivity index (χ4n) is 2.82. The molecule has 0 radical (unpaired) electrons. The number of halogens is 1. The number of rotatable bonds is 7. The maximum atomic E-state index is 12.4. The molecule has 3 rings (SSSR count). The molecule has 10 nitrogen and oxygen atoms in total. The van der Waals surface area contributed by atoms with E-state index in [-0.39, 0.29) is 34.8 Å². The lowest BCUT2D eigenvalue weighted by Crippen LogP contribution is -2.24. The smallest absolute Gasteiger partial charge is 0.306 e. The Kier molecular flexibility index (Phi) is 6.61. The Morgan fingerprint density at radius 3 is 2.71 bits per heavy atom. The summed E-state index contributed by atoms with van der Waals surface area (Å²) in [6, 6.07) is 10.5. The Bertz CT molecular complexity index is 1240. The van der Waals surface area contributed by atoms with Crippen LogP contribution in [0, 0.1) is 10.1 Å². The third kappa shape index (κ3) is 5.23. The van der Waals surface area contributed by atoms with Crippen molar-refractivity contribution in [3.63, 3.8) is 0 Å². The summed E-state index contributed by atoms with van der Waals surface area (Å²) in [5.74, 6) is -0.879. The van der Waals surface area contributed by atoms with Gasteiger partial charge in [0.15, 0.2) is 6.61 Å². The van der Waals surface area contributed by atoms with Gasteiger partial charge in [-0.2, -0.15) is 0 Å². The summed E-state index contributed by atoms with van der Waals surface area (Å²) in [4.78, 5) is 50.8. The van der Waals surface area contributed by atoms with E-state index in [1.165, 1.54) is 16.7 Å². The molecular weight excluding hydrogens is 428 g/mol. The first-order chi connectivity index (χ1) is 14.8. The van der Waals surface area contributed by atoms with Gasteiger partial charge in [0.05, 0.1) is 33.0 Å². The van der Waals surface area contributed by atoms with Gasteiger partial charge < -0.3 is 10.1 Å². The molecule has 0 saturated carbocycles. The molecule has 3 aromatic rings. The summed E-state index contributed by atoms with van der Waals surface area (Å²) in [7, 11) is 1.57. The third-order valence-electron chi connectivity index (χ3n) is 4.43. The lowest BCUT2D eigenvalue weighted by atomic mass is 10.2. The number of para-hydroxylation sites is 1. The van der Waals surface area contributed by atoms with Gasteiger partial charge in [-0.1, -0.05) is 23.7 Å². The zero-order valence-corrected chi connectivity index (χ0v) is 17.1. The van der Waals surface area contributed by atoms with Crippen LogP contribution in [0.5, 0.6) is 0 Å². The molecule has 1 aromatic heterocycles. The maximum Gasteiger partial charge on any atom is 0.306 e.